The molecule has 4 aromatic carbocycles. The second kappa shape index (κ2) is 11.4. The van der Waals surface area contributed by atoms with Crippen LogP contribution in [0.4, 0.5) is 13.2 Å². The number of nitriles is 1. The van der Waals surface area contributed by atoms with Crippen molar-refractivity contribution in [2.45, 2.75) is 24.0 Å². The molecule has 0 saturated heterocycles. The van der Waals surface area contributed by atoms with Crippen LogP contribution in [-0.2, 0) is 29.2 Å². The number of amides is 1. The summed E-state index contributed by atoms with van der Waals surface area (Å²) in [7, 11) is -4.24. The molecule has 198 valence electrons. The number of rotatable bonds is 8. The minimum atomic E-state index is -4.78. The van der Waals surface area contributed by atoms with Gasteiger partial charge in [-0.25, -0.2) is 13.1 Å². The van der Waals surface area contributed by atoms with E-state index in [1.165, 1.54) is 30.5 Å². The highest BCUT2D eigenvalue weighted by Gasteiger charge is 2.37. The van der Waals surface area contributed by atoms with Crippen molar-refractivity contribution in [2.24, 2.45) is 0 Å². The minimum Gasteiger partial charge on any atom is -0.348 e. The first-order valence-electron chi connectivity index (χ1n) is 11.7. The smallest absolute Gasteiger partial charge is 0.348 e. The second-order valence-electron chi connectivity index (χ2n) is 8.60. The lowest BCUT2D eigenvalue weighted by Crippen LogP contribution is -2.27. The standard InChI is InChI=1S/C29H22F3N3O3S/c30-29(31,32)27-23(16-20-8-3-1-4-9-20)12-7-13-25(27)28(36)34-18-21-14-15-24(22-10-5-2-6-11-22)26(17-21)39(37,38)35-19-33/h1-15,17,35H,16,18H2,(H,34,36). The van der Waals surface area contributed by atoms with Gasteiger partial charge in [-0.05, 0) is 40.8 Å². The molecule has 1 amide bonds. The third kappa shape index (κ3) is 6.45. The Hall–Kier alpha value is -4.62. The molecule has 2 N–H and O–H groups in total. The van der Waals surface area contributed by atoms with Crippen LogP contribution in [-0.4, -0.2) is 14.3 Å². The van der Waals surface area contributed by atoms with E-state index in [1.807, 2.05) is 0 Å². The van der Waals surface area contributed by atoms with E-state index in [9.17, 15) is 26.4 Å². The largest absolute Gasteiger partial charge is 0.417 e. The molecule has 6 nitrogen and oxygen atoms in total. The fourth-order valence-electron chi connectivity index (χ4n) is 4.24. The number of sulfonamides is 1. The first kappa shape index (κ1) is 27.4. The Kier molecular flexibility index (Phi) is 8.02. The Balaban J connectivity index is 1.64. The van der Waals surface area contributed by atoms with Crippen LogP contribution in [0, 0.1) is 11.5 Å². The Morgan fingerprint density at radius 2 is 1.51 bits per heavy atom. The van der Waals surface area contributed by atoms with Gasteiger partial charge >= 0.3 is 6.18 Å². The summed E-state index contributed by atoms with van der Waals surface area (Å²) in [5.74, 6) is -0.955. The van der Waals surface area contributed by atoms with E-state index in [0.717, 1.165) is 6.07 Å². The molecule has 4 rings (SSSR count). The van der Waals surface area contributed by atoms with Gasteiger partial charge in [0.05, 0.1) is 16.0 Å². The Labute approximate surface area is 223 Å². The van der Waals surface area contributed by atoms with Crippen molar-refractivity contribution < 1.29 is 26.4 Å². The molecule has 0 heterocycles. The van der Waals surface area contributed by atoms with Gasteiger partial charge in [-0.3, -0.25) is 4.79 Å². The van der Waals surface area contributed by atoms with Gasteiger partial charge in [-0.2, -0.15) is 18.4 Å². The highest BCUT2D eigenvalue weighted by molar-refractivity contribution is 7.89. The zero-order valence-corrected chi connectivity index (χ0v) is 21.2. The van der Waals surface area contributed by atoms with E-state index in [-0.39, 0.29) is 23.4 Å². The molecule has 0 aliphatic heterocycles. The molecule has 0 unspecified atom stereocenters. The summed E-state index contributed by atoms with van der Waals surface area (Å²) >= 11 is 0. The maximum Gasteiger partial charge on any atom is 0.417 e. The number of benzene rings is 4. The number of nitrogens with zero attached hydrogens (tertiary/aromatic N) is 1. The van der Waals surface area contributed by atoms with Crippen LogP contribution >= 0.6 is 0 Å². The maximum absolute atomic E-state index is 14.1. The van der Waals surface area contributed by atoms with Crippen molar-refractivity contribution in [3.8, 4) is 17.3 Å². The van der Waals surface area contributed by atoms with Gasteiger partial charge in [0.25, 0.3) is 15.9 Å². The van der Waals surface area contributed by atoms with Crippen molar-refractivity contribution in [3.05, 3.63) is 125 Å². The highest BCUT2D eigenvalue weighted by Crippen LogP contribution is 2.36. The highest BCUT2D eigenvalue weighted by atomic mass is 32.2. The molecule has 10 heteroatoms. The maximum atomic E-state index is 14.1. The zero-order chi connectivity index (χ0) is 28.0. The summed E-state index contributed by atoms with van der Waals surface area (Å²) in [5, 5.41) is 11.4. The van der Waals surface area contributed by atoms with Crippen molar-refractivity contribution in [3.63, 3.8) is 0 Å². The van der Waals surface area contributed by atoms with Crippen LogP contribution < -0.4 is 10.0 Å². The average molecular weight is 550 g/mol. The molecule has 0 bridgehead atoms. The molecule has 39 heavy (non-hydrogen) atoms. The van der Waals surface area contributed by atoms with Gasteiger partial charge in [-0.15, -0.1) is 0 Å². The number of nitrogens with one attached hydrogen (secondary N) is 2. The fourth-order valence-corrected chi connectivity index (χ4v) is 5.25. The van der Waals surface area contributed by atoms with Crippen LogP contribution in [0.5, 0.6) is 0 Å². The lowest BCUT2D eigenvalue weighted by Gasteiger charge is -2.18. The Morgan fingerprint density at radius 3 is 2.15 bits per heavy atom. The van der Waals surface area contributed by atoms with Crippen LogP contribution in [0.1, 0.15) is 32.6 Å². The number of hydrogen-bond donors (Lipinski definition) is 2. The van der Waals surface area contributed by atoms with Crippen LogP contribution in [0.3, 0.4) is 0 Å². The normalized spacial score (nSPS) is 11.4. The molecule has 0 saturated carbocycles. The van der Waals surface area contributed by atoms with Gasteiger partial charge in [0.2, 0.25) is 0 Å². The van der Waals surface area contributed by atoms with E-state index >= 15 is 0 Å². The SMILES string of the molecule is N#CNS(=O)(=O)c1cc(CNC(=O)c2cccc(Cc3ccccc3)c2C(F)(F)F)ccc1-c1ccccc1. The van der Waals surface area contributed by atoms with Gasteiger partial charge < -0.3 is 5.32 Å². The van der Waals surface area contributed by atoms with Gasteiger partial charge in [0.15, 0.2) is 6.19 Å². The monoisotopic (exact) mass is 549 g/mol. The molecule has 4 aromatic rings. The van der Waals surface area contributed by atoms with E-state index < -0.39 is 33.2 Å². The topological polar surface area (TPSA) is 99.1 Å². The van der Waals surface area contributed by atoms with Crippen molar-refractivity contribution in [1.82, 2.24) is 10.0 Å². The van der Waals surface area contributed by atoms with Gasteiger partial charge in [0, 0.05) is 12.1 Å². The first-order chi connectivity index (χ1) is 18.6. The van der Waals surface area contributed by atoms with Gasteiger partial charge in [0.1, 0.15) is 0 Å². The number of carbonyl (C=O) groups excluding carboxylic acids is 1. The quantitative estimate of drug-likeness (QED) is 0.219. The van der Waals surface area contributed by atoms with Crippen molar-refractivity contribution in [2.75, 3.05) is 0 Å². The molecular formula is C29H22F3N3O3S. The van der Waals surface area contributed by atoms with E-state index in [1.54, 1.807) is 71.5 Å². The summed E-state index contributed by atoms with van der Waals surface area (Å²) in [6.07, 6.45) is -3.38. The average Bonchev–Trinajstić information content (AvgIpc) is 2.92. The predicted octanol–water partition coefficient (Wildman–Crippen LogP) is 5.65. The zero-order valence-electron chi connectivity index (χ0n) is 20.4. The summed E-state index contributed by atoms with van der Waals surface area (Å²) < 4.78 is 69.6. The molecule has 0 radical (unpaired) electrons. The van der Waals surface area contributed by atoms with Crippen LogP contribution in [0.25, 0.3) is 11.1 Å². The summed E-state index contributed by atoms with van der Waals surface area (Å²) in [4.78, 5) is 12.8. The number of hydrogen-bond acceptors (Lipinski definition) is 4. The number of alkyl halides is 3. The fraction of sp³-hybridized carbons (Fsp3) is 0.103. The summed E-state index contributed by atoms with van der Waals surface area (Å²) in [6.45, 7) is -0.247. The third-order valence-corrected chi connectivity index (χ3v) is 7.25. The molecule has 0 aliphatic carbocycles. The van der Waals surface area contributed by atoms with Crippen molar-refractivity contribution in [1.29, 1.82) is 5.26 Å². The van der Waals surface area contributed by atoms with Crippen LogP contribution in [0.15, 0.2) is 102 Å². The molecule has 0 aromatic heterocycles. The van der Waals surface area contributed by atoms with E-state index in [2.05, 4.69) is 5.32 Å². The molecule has 0 spiro atoms. The summed E-state index contributed by atoms with van der Waals surface area (Å²) in [6, 6.07) is 25.4. The minimum absolute atomic E-state index is 0.00906. The summed E-state index contributed by atoms with van der Waals surface area (Å²) in [5.41, 5.74) is 0.291. The molecular weight excluding hydrogens is 527 g/mol. The molecule has 0 aliphatic rings. The lowest BCUT2D eigenvalue weighted by atomic mass is 9.94. The molecule has 0 fully saturated rings. The predicted molar refractivity (Wildman–Crippen MR) is 140 cm³/mol. The van der Waals surface area contributed by atoms with Gasteiger partial charge in [-0.1, -0.05) is 84.9 Å². The third-order valence-electron chi connectivity index (χ3n) is 5.97. The molecule has 0 atom stereocenters. The number of carbonyl (C=O) groups is 1. The lowest BCUT2D eigenvalue weighted by molar-refractivity contribution is -0.138. The Morgan fingerprint density at radius 1 is 0.846 bits per heavy atom. The van der Waals surface area contributed by atoms with E-state index in [0.29, 0.717) is 22.3 Å². The second-order valence-corrected chi connectivity index (χ2v) is 10.2. The van der Waals surface area contributed by atoms with E-state index in [4.69, 9.17) is 5.26 Å². The Bertz CT molecular complexity index is 1630. The number of halogens is 3. The van der Waals surface area contributed by atoms with Crippen molar-refractivity contribution >= 4 is 15.9 Å². The van der Waals surface area contributed by atoms with Crippen LogP contribution in [0.2, 0.25) is 0 Å². The first-order valence-corrected chi connectivity index (χ1v) is 13.2.